The number of aliphatic hydroxyl groups is 1. The summed E-state index contributed by atoms with van der Waals surface area (Å²) in [5, 5.41) is 8.96. The van der Waals surface area contributed by atoms with Gasteiger partial charge >= 0.3 is 0 Å². The van der Waals surface area contributed by atoms with Crippen LogP contribution in [0.3, 0.4) is 0 Å². The summed E-state index contributed by atoms with van der Waals surface area (Å²) >= 11 is 0. The number of aliphatic hydroxyl groups excluding tert-OH is 1. The molecule has 5 nitrogen and oxygen atoms in total. The highest BCUT2D eigenvalue weighted by Gasteiger charge is 2.20. The monoisotopic (exact) mass is 298 g/mol. The molecule has 1 aliphatic rings. The van der Waals surface area contributed by atoms with Crippen molar-refractivity contribution >= 4 is 10.0 Å². The maximum Gasteiger partial charge on any atom is 0.240 e. The Hall–Kier alpha value is -0.950. The molecule has 2 rings (SSSR count). The van der Waals surface area contributed by atoms with E-state index in [9.17, 15) is 8.42 Å². The molecule has 0 saturated carbocycles. The molecule has 1 aromatic carbocycles. The first kappa shape index (κ1) is 15.4. The Balaban J connectivity index is 1.95. The summed E-state index contributed by atoms with van der Waals surface area (Å²) in [7, 11) is -3.47. The maximum absolute atomic E-state index is 12.2. The lowest BCUT2D eigenvalue weighted by molar-refractivity contribution is 0.260. The van der Waals surface area contributed by atoms with Gasteiger partial charge in [0.1, 0.15) is 0 Å². The van der Waals surface area contributed by atoms with Gasteiger partial charge in [-0.3, -0.25) is 4.90 Å². The van der Waals surface area contributed by atoms with Gasteiger partial charge in [0.05, 0.1) is 11.5 Å². The van der Waals surface area contributed by atoms with Crippen LogP contribution in [0.4, 0.5) is 0 Å². The van der Waals surface area contributed by atoms with Crippen molar-refractivity contribution in [2.45, 2.75) is 37.3 Å². The van der Waals surface area contributed by atoms with Gasteiger partial charge in [0.25, 0.3) is 0 Å². The van der Waals surface area contributed by atoms with Crippen molar-refractivity contribution in [1.82, 2.24) is 9.62 Å². The van der Waals surface area contributed by atoms with Crippen LogP contribution in [0, 0.1) is 0 Å². The van der Waals surface area contributed by atoms with E-state index in [2.05, 4.69) is 9.62 Å². The summed E-state index contributed by atoms with van der Waals surface area (Å²) in [5.41, 5.74) is 0.703. The van der Waals surface area contributed by atoms with Crippen molar-refractivity contribution in [3.8, 4) is 0 Å². The molecule has 6 heteroatoms. The van der Waals surface area contributed by atoms with Crippen LogP contribution in [0.2, 0.25) is 0 Å². The predicted octanol–water partition coefficient (Wildman–Crippen LogP) is 0.941. The fourth-order valence-corrected chi connectivity index (χ4v) is 3.52. The molecule has 20 heavy (non-hydrogen) atoms. The first-order valence-electron chi connectivity index (χ1n) is 6.96. The van der Waals surface area contributed by atoms with Crippen LogP contribution in [0.25, 0.3) is 0 Å². The van der Waals surface area contributed by atoms with E-state index in [0.717, 1.165) is 13.1 Å². The molecular weight excluding hydrogens is 276 g/mol. The van der Waals surface area contributed by atoms with Crippen molar-refractivity contribution in [2.24, 2.45) is 0 Å². The zero-order valence-corrected chi connectivity index (χ0v) is 12.6. The Morgan fingerprint density at radius 1 is 1.25 bits per heavy atom. The fraction of sp³-hybridized carbons (Fsp3) is 0.571. The summed E-state index contributed by atoms with van der Waals surface area (Å²) < 4.78 is 27.0. The van der Waals surface area contributed by atoms with E-state index in [0.29, 0.717) is 12.1 Å². The molecule has 0 amide bonds. The summed E-state index contributed by atoms with van der Waals surface area (Å²) in [6.07, 6.45) is 2.39. The van der Waals surface area contributed by atoms with Crippen molar-refractivity contribution in [3.63, 3.8) is 0 Å². The molecule has 0 radical (unpaired) electrons. The molecule has 1 aliphatic heterocycles. The molecule has 1 unspecified atom stereocenters. The van der Waals surface area contributed by atoms with Crippen molar-refractivity contribution < 1.29 is 13.5 Å². The molecular formula is C14H22N2O3S. The normalized spacial score (nSPS) is 18.3. The molecule has 1 fully saturated rings. The second kappa shape index (κ2) is 6.67. The van der Waals surface area contributed by atoms with Crippen LogP contribution >= 0.6 is 0 Å². The third-order valence-corrected chi connectivity index (χ3v) is 5.19. The molecule has 1 atom stereocenters. The van der Waals surface area contributed by atoms with Crippen LogP contribution < -0.4 is 4.72 Å². The van der Waals surface area contributed by atoms with Crippen LogP contribution in [0.5, 0.6) is 0 Å². The van der Waals surface area contributed by atoms with Gasteiger partial charge in [0.15, 0.2) is 0 Å². The number of nitrogens with one attached hydrogen (secondary N) is 1. The lowest BCUT2D eigenvalue weighted by atomic mass is 10.2. The summed E-state index contributed by atoms with van der Waals surface area (Å²) in [4.78, 5) is 2.54. The average molecular weight is 298 g/mol. The van der Waals surface area contributed by atoms with Crippen molar-refractivity contribution in [3.05, 3.63) is 29.8 Å². The molecule has 1 aromatic rings. The molecule has 2 N–H and O–H groups in total. The summed E-state index contributed by atoms with van der Waals surface area (Å²) in [6.45, 7) is 4.48. The minimum atomic E-state index is -3.47. The third-order valence-electron chi connectivity index (χ3n) is 3.75. The number of likely N-dealkylation sites (tertiary alicyclic amines) is 1. The molecule has 1 saturated heterocycles. The van der Waals surface area contributed by atoms with Crippen LogP contribution in [-0.4, -0.2) is 44.1 Å². The van der Waals surface area contributed by atoms with Crippen LogP contribution in [0.15, 0.2) is 29.2 Å². The standard InChI is InChI=1S/C14H22N2O3S/c1-12(16-8-2-3-9-16)10-15-20(18,19)14-6-4-13(11-17)5-7-14/h4-7,12,15,17H,2-3,8-11H2,1H3. The van der Waals surface area contributed by atoms with E-state index in [4.69, 9.17) is 5.11 Å². The Labute approximate surface area is 120 Å². The zero-order chi connectivity index (χ0) is 14.6. The number of nitrogens with zero attached hydrogens (tertiary/aromatic N) is 1. The van der Waals surface area contributed by atoms with Gasteiger partial charge in [-0.1, -0.05) is 12.1 Å². The van der Waals surface area contributed by atoms with Gasteiger partial charge in [-0.05, 0) is 50.6 Å². The molecule has 112 valence electrons. The number of benzene rings is 1. The molecule has 0 spiro atoms. The first-order chi connectivity index (χ1) is 9.53. The van der Waals surface area contributed by atoms with E-state index in [1.165, 1.54) is 25.0 Å². The quantitative estimate of drug-likeness (QED) is 0.820. The molecule has 1 heterocycles. The molecule has 0 aliphatic carbocycles. The Morgan fingerprint density at radius 3 is 2.40 bits per heavy atom. The van der Waals surface area contributed by atoms with Gasteiger partial charge in [-0.25, -0.2) is 13.1 Å². The Morgan fingerprint density at radius 2 is 1.85 bits per heavy atom. The second-order valence-electron chi connectivity index (χ2n) is 5.25. The van der Waals surface area contributed by atoms with Gasteiger partial charge in [0, 0.05) is 12.6 Å². The van der Waals surface area contributed by atoms with E-state index < -0.39 is 10.0 Å². The largest absolute Gasteiger partial charge is 0.392 e. The molecule has 0 aromatic heterocycles. The first-order valence-corrected chi connectivity index (χ1v) is 8.45. The van der Waals surface area contributed by atoms with Crippen LogP contribution in [-0.2, 0) is 16.6 Å². The number of rotatable bonds is 6. The second-order valence-corrected chi connectivity index (χ2v) is 7.01. The topological polar surface area (TPSA) is 69.6 Å². The summed E-state index contributed by atoms with van der Waals surface area (Å²) in [6, 6.07) is 6.50. The third kappa shape index (κ3) is 3.79. The minimum absolute atomic E-state index is 0.0836. The smallest absolute Gasteiger partial charge is 0.240 e. The lowest BCUT2D eigenvalue weighted by Crippen LogP contribution is -2.40. The van der Waals surface area contributed by atoms with Gasteiger partial charge in [-0.2, -0.15) is 0 Å². The van der Waals surface area contributed by atoms with E-state index in [1.807, 2.05) is 6.92 Å². The Bertz CT molecular complexity index is 522. The van der Waals surface area contributed by atoms with Gasteiger partial charge in [-0.15, -0.1) is 0 Å². The maximum atomic E-state index is 12.2. The van der Waals surface area contributed by atoms with Crippen molar-refractivity contribution in [2.75, 3.05) is 19.6 Å². The van der Waals surface area contributed by atoms with Crippen LogP contribution in [0.1, 0.15) is 25.3 Å². The lowest BCUT2D eigenvalue weighted by Gasteiger charge is -2.23. The highest BCUT2D eigenvalue weighted by Crippen LogP contribution is 2.13. The SMILES string of the molecule is CC(CNS(=O)(=O)c1ccc(CO)cc1)N1CCCC1. The molecule has 0 bridgehead atoms. The number of sulfonamides is 1. The zero-order valence-electron chi connectivity index (χ0n) is 11.7. The van der Waals surface area contributed by atoms with Gasteiger partial charge in [0.2, 0.25) is 10.0 Å². The van der Waals surface area contributed by atoms with E-state index in [1.54, 1.807) is 12.1 Å². The Kier molecular flexibility index (Phi) is 5.15. The highest BCUT2D eigenvalue weighted by atomic mass is 32.2. The average Bonchev–Trinajstić information content (AvgIpc) is 2.99. The van der Waals surface area contributed by atoms with E-state index >= 15 is 0 Å². The minimum Gasteiger partial charge on any atom is -0.392 e. The number of hydrogen-bond acceptors (Lipinski definition) is 4. The van der Waals surface area contributed by atoms with E-state index in [-0.39, 0.29) is 17.5 Å². The predicted molar refractivity (Wildman–Crippen MR) is 77.8 cm³/mol. The van der Waals surface area contributed by atoms with Gasteiger partial charge < -0.3 is 5.11 Å². The fourth-order valence-electron chi connectivity index (χ4n) is 2.40. The highest BCUT2D eigenvalue weighted by molar-refractivity contribution is 7.89. The summed E-state index contributed by atoms with van der Waals surface area (Å²) in [5.74, 6) is 0. The van der Waals surface area contributed by atoms with Crippen molar-refractivity contribution in [1.29, 1.82) is 0 Å². The number of hydrogen-bond donors (Lipinski definition) is 2.